The maximum Gasteiger partial charge on any atom is 0.251 e. The number of carbonyl (C=O) groups excluding carboxylic acids is 2. The number of benzene rings is 2. The Morgan fingerprint density at radius 2 is 1.93 bits per heavy atom. The molecule has 1 atom stereocenters. The highest BCUT2D eigenvalue weighted by atomic mass is 35.5. The maximum absolute atomic E-state index is 12.7. The Hall–Kier alpha value is -2.42. The van der Waals surface area contributed by atoms with Crippen LogP contribution in [-0.2, 0) is 14.8 Å². The summed E-state index contributed by atoms with van der Waals surface area (Å²) in [7, 11) is 0.108. The van der Waals surface area contributed by atoms with Gasteiger partial charge in [0.15, 0.2) is 0 Å². The zero-order chi connectivity index (χ0) is 21.2. The van der Waals surface area contributed by atoms with E-state index in [-0.39, 0.29) is 35.4 Å². The Morgan fingerprint density at radius 1 is 1.21 bits per heavy atom. The number of nitrogens with zero attached hydrogens (tertiary/aromatic N) is 2. The van der Waals surface area contributed by atoms with E-state index < -0.39 is 15.9 Å². The van der Waals surface area contributed by atoms with Crippen molar-refractivity contribution in [2.75, 3.05) is 30.7 Å². The Morgan fingerprint density at radius 3 is 2.55 bits per heavy atom. The molecule has 0 saturated carbocycles. The zero-order valence-corrected chi connectivity index (χ0v) is 17.7. The molecule has 0 unspecified atom stereocenters. The second-order valence-electron chi connectivity index (χ2n) is 6.99. The van der Waals surface area contributed by atoms with Gasteiger partial charge in [-0.1, -0.05) is 35.9 Å². The van der Waals surface area contributed by atoms with Crippen molar-refractivity contribution in [1.82, 2.24) is 10.2 Å². The third-order valence-electron chi connectivity index (χ3n) is 4.76. The highest BCUT2D eigenvalue weighted by Gasteiger charge is 2.36. The summed E-state index contributed by atoms with van der Waals surface area (Å²) in [6, 6.07) is 13.3. The van der Waals surface area contributed by atoms with Crippen molar-refractivity contribution in [3.63, 3.8) is 0 Å². The van der Waals surface area contributed by atoms with E-state index in [0.717, 1.165) is 9.87 Å². The number of halogens is 1. The summed E-state index contributed by atoms with van der Waals surface area (Å²) in [5, 5.41) is 3.47. The molecule has 154 valence electrons. The van der Waals surface area contributed by atoms with Gasteiger partial charge in [0.2, 0.25) is 15.9 Å². The van der Waals surface area contributed by atoms with E-state index in [2.05, 4.69) is 5.32 Å². The van der Waals surface area contributed by atoms with Gasteiger partial charge in [-0.25, -0.2) is 12.7 Å². The molecule has 0 radical (unpaired) electrons. The Labute approximate surface area is 175 Å². The number of anilines is 1. The first-order valence-corrected chi connectivity index (χ1v) is 11.0. The minimum atomic E-state index is -3.68. The van der Waals surface area contributed by atoms with Gasteiger partial charge >= 0.3 is 0 Å². The van der Waals surface area contributed by atoms with Crippen LogP contribution in [0.4, 0.5) is 5.69 Å². The minimum Gasteiger partial charge on any atom is -0.350 e. The predicted octanol–water partition coefficient (Wildman–Crippen LogP) is 2.44. The van der Waals surface area contributed by atoms with Crippen LogP contribution in [-0.4, -0.2) is 51.5 Å². The molecule has 0 aliphatic carbocycles. The van der Waals surface area contributed by atoms with Crippen molar-refractivity contribution in [2.45, 2.75) is 12.5 Å². The summed E-state index contributed by atoms with van der Waals surface area (Å²) in [5.74, 6) is -1.08. The molecule has 2 amide bonds. The van der Waals surface area contributed by atoms with Crippen molar-refractivity contribution in [3.05, 3.63) is 64.7 Å². The molecule has 1 N–H and O–H groups in total. The smallest absolute Gasteiger partial charge is 0.251 e. The SMILES string of the molecule is CN(C)[C@H](CNC(=O)c1cccc(N2C(=O)CCS2(=O)=O)c1)c1ccccc1Cl. The van der Waals surface area contributed by atoms with Gasteiger partial charge in [-0.2, -0.15) is 0 Å². The largest absolute Gasteiger partial charge is 0.350 e. The molecule has 2 aromatic rings. The summed E-state index contributed by atoms with van der Waals surface area (Å²) in [6.45, 7) is 0.306. The van der Waals surface area contributed by atoms with Crippen molar-refractivity contribution in [3.8, 4) is 0 Å². The van der Waals surface area contributed by atoms with Crippen molar-refractivity contribution in [2.24, 2.45) is 0 Å². The van der Waals surface area contributed by atoms with Gasteiger partial charge in [0.1, 0.15) is 0 Å². The fourth-order valence-electron chi connectivity index (χ4n) is 3.25. The lowest BCUT2D eigenvalue weighted by Gasteiger charge is -2.26. The number of hydrogen-bond donors (Lipinski definition) is 1. The van der Waals surface area contributed by atoms with Crippen LogP contribution < -0.4 is 9.62 Å². The topological polar surface area (TPSA) is 86.8 Å². The van der Waals surface area contributed by atoms with Gasteiger partial charge in [0, 0.05) is 23.6 Å². The number of amides is 2. The van der Waals surface area contributed by atoms with Crippen LogP contribution in [0.25, 0.3) is 0 Å². The van der Waals surface area contributed by atoms with Gasteiger partial charge in [0.25, 0.3) is 5.91 Å². The van der Waals surface area contributed by atoms with Crippen LogP contribution in [0.1, 0.15) is 28.4 Å². The molecule has 0 bridgehead atoms. The van der Waals surface area contributed by atoms with Gasteiger partial charge in [0.05, 0.1) is 17.5 Å². The summed E-state index contributed by atoms with van der Waals surface area (Å²) >= 11 is 6.30. The normalized spacial score (nSPS) is 16.8. The summed E-state index contributed by atoms with van der Waals surface area (Å²) < 4.78 is 25.0. The molecule has 29 heavy (non-hydrogen) atoms. The molecule has 2 aromatic carbocycles. The van der Waals surface area contributed by atoms with E-state index >= 15 is 0 Å². The van der Waals surface area contributed by atoms with Crippen LogP contribution in [0.5, 0.6) is 0 Å². The Balaban J connectivity index is 1.77. The molecule has 1 heterocycles. The third kappa shape index (κ3) is 4.60. The predicted molar refractivity (Wildman–Crippen MR) is 113 cm³/mol. The second kappa shape index (κ2) is 8.52. The number of carbonyl (C=O) groups is 2. The molecule has 1 aliphatic heterocycles. The van der Waals surface area contributed by atoms with Crippen LogP contribution in [0.3, 0.4) is 0 Å². The van der Waals surface area contributed by atoms with Crippen LogP contribution >= 0.6 is 11.6 Å². The molecule has 1 aliphatic rings. The lowest BCUT2D eigenvalue weighted by molar-refractivity contribution is -0.116. The van der Waals surface area contributed by atoms with Gasteiger partial charge < -0.3 is 10.2 Å². The van der Waals surface area contributed by atoms with Gasteiger partial charge in [-0.3, -0.25) is 9.59 Å². The number of sulfonamides is 1. The molecule has 0 spiro atoms. The molecule has 3 rings (SSSR count). The first-order chi connectivity index (χ1) is 13.7. The first-order valence-electron chi connectivity index (χ1n) is 9.05. The number of nitrogens with one attached hydrogen (secondary N) is 1. The van der Waals surface area contributed by atoms with Crippen molar-refractivity contribution < 1.29 is 18.0 Å². The molecule has 7 nitrogen and oxygen atoms in total. The number of rotatable bonds is 6. The van der Waals surface area contributed by atoms with E-state index in [9.17, 15) is 18.0 Å². The lowest BCUT2D eigenvalue weighted by atomic mass is 10.1. The van der Waals surface area contributed by atoms with Crippen LogP contribution in [0, 0.1) is 0 Å². The lowest BCUT2D eigenvalue weighted by Crippen LogP contribution is -2.35. The van der Waals surface area contributed by atoms with Crippen molar-refractivity contribution >= 4 is 39.1 Å². The molecule has 0 aromatic heterocycles. The zero-order valence-electron chi connectivity index (χ0n) is 16.1. The van der Waals surface area contributed by atoms with E-state index in [4.69, 9.17) is 11.6 Å². The third-order valence-corrected chi connectivity index (χ3v) is 6.80. The minimum absolute atomic E-state index is 0.0545. The number of hydrogen-bond acceptors (Lipinski definition) is 5. The second-order valence-corrected chi connectivity index (χ2v) is 9.33. The molecular weight excluding hydrogens is 414 g/mol. The fraction of sp³-hybridized carbons (Fsp3) is 0.300. The van der Waals surface area contributed by atoms with Gasteiger partial charge in [-0.15, -0.1) is 0 Å². The average Bonchev–Trinajstić information content (AvgIpc) is 2.95. The van der Waals surface area contributed by atoms with Crippen LogP contribution in [0.15, 0.2) is 48.5 Å². The van der Waals surface area contributed by atoms with E-state index in [1.54, 1.807) is 18.2 Å². The molecule has 1 fully saturated rings. The molecule has 9 heteroatoms. The van der Waals surface area contributed by atoms with Gasteiger partial charge in [-0.05, 0) is 43.9 Å². The highest BCUT2D eigenvalue weighted by Crippen LogP contribution is 2.27. The summed E-state index contributed by atoms with van der Waals surface area (Å²) in [4.78, 5) is 26.6. The van der Waals surface area contributed by atoms with E-state index in [1.807, 2.05) is 37.2 Å². The van der Waals surface area contributed by atoms with Crippen LogP contribution in [0.2, 0.25) is 5.02 Å². The summed E-state index contributed by atoms with van der Waals surface area (Å²) in [6.07, 6.45) is -0.0545. The molecule has 1 saturated heterocycles. The summed E-state index contributed by atoms with van der Waals surface area (Å²) in [5.41, 5.74) is 1.34. The Kier molecular flexibility index (Phi) is 6.26. The standard InChI is InChI=1S/C20H22ClN3O4S/c1-23(2)18(16-8-3-4-9-17(16)21)13-22-20(26)14-6-5-7-15(12-14)24-19(25)10-11-29(24,27)28/h3-9,12,18H,10-11,13H2,1-2H3,(H,22,26)/t18-/m1/s1. The highest BCUT2D eigenvalue weighted by molar-refractivity contribution is 7.94. The fourth-order valence-corrected chi connectivity index (χ4v) is 4.96. The Bertz CT molecular complexity index is 1040. The monoisotopic (exact) mass is 435 g/mol. The first kappa shape index (κ1) is 21.3. The maximum atomic E-state index is 12.7. The van der Waals surface area contributed by atoms with Crippen molar-refractivity contribution in [1.29, 1.82) is 0 Å². The molecular formula is C20H22ClN3O4S. The van der Waals surface area contributed by atoms with E-state index in [0.29, 0.717) is 11.6 Å². The van der Waals surface area contributed by atoms with E-state index in [1.165, 1.54) is 12.1 Å². The number of likely N-dealkylation sites (N-methyl/N-ethyl adjacent to an activating group) is 1. The quantitative estimate of drug-likeness (QED) is 0.753. The average molecular weight is 436 g/mol.